The fourth-order valence-corrected chi connectivity index (χ4v) is 3.64. The number of benzene rings is 1. The molecule has 0 bridgehead atoms. The molecule has 1 aromatic carbocycles. The van der Waals surface area contributed by atoms with Crippen molar-refractivity contribution in [3.05, 3.63) is 41.0 Å². The lowest BCUT2D eigenvalue weighted by Gasteiger charge is -2.08. The number of hydrogen-bond acceptors (Lipinski definition) is 4. The third-order valence-electron chi connectivity index (χ3n) is 4.98. The van der Waals surface area contributed by atoms with Crippen molar-refractivity contribution in [2.75, 3.05) is 13.2 Å². The summed E-state index contributed by atoms with van der Waals surface area (Å²) in [6.07, 6.45) is 6.73. The number of nitrogens with one attached hydrogen (secondary N) is 1. The molecule has 132 valence electrons. The molecule has 0 unspecified atom stereocenters. The van der Waals surface area contributed by atoms with E-state index < -0.39 is 0 Å². The van der Waals surface area contributed by atoms with Gasteiger partial charge in [-0.15, -0.1) is 10.2 Å². The minimum atomic E-state index is 0.0504. The van der Waals surface area contributed by atoms with Gasteiger partial charge in [-0.2, -0.15) is 0 Å². The first-order valence-corrected chi connectivity index (χ1v) is 9.22. The molecule has 0 aliphatic carbocycles. The Morgan fingerprint density at radius 2 is 2.16 bits per heavy atom. The van der Waals surface area contributed by atoms with Crippen LogP contribution in [0.4, 0.5) is 0 Å². The third kappa shape index (κ3) is 3.67. The molecule has 0 spiro atoms. The lowest BCUT2D eigenvalue weighted by molar-refractivity contribution is -0.120. The van der Waals surface area contributed by atoms with Crippen molar-refractivity contribution in [1.29, 1.82) is 0 Å². The number of amides is 1. The predicted molar refractivity (Wildman–Crippen MR) is 93.6 cm³/mol. The van der Waals surface area contributed by atoms with Gasteiger partial charge in [0.1, 0.15) is 17.4 Å². The summed E-state index contributed by atoms with van der Waals surface area (Å²) in [6.45, 7) is 2.35. The Hall–Kier alpha value is -2.37. The summed E-state index contributed by atoms with van der Waals surface area (Å²) in [6, 6.07) is 6.03. The summed E-state index contributed by atoms with van der Waals surface area (Å²) < 4.78 is 7.74. The first kappa shape index (κ1) is 16.1. The Morgan fingerprint density at radius 3 is 3.12 bits per heavy atom. The van der Waals surface area contributed by atoms with Crippen molar-refractivity contribution in [2.24, 2.45) is 0 Å². The Bertz CT molecular complexity index is 769. The van der Waals surface area contributed by atoms with Crippen LogP contribution in [0, 0.1) is 0 Å². The van der Waals surface area contributed by atoms with E-state index in [0.717, 1.165) is 55.4 Å². The molecule has 1 aromatic heterocycles. The molecule has 3 heterocycles. The van der Waals surface area contributed by atoms with Gasteiger partial charge >= 0.3 is 0 Å². The number of carbonyl (C=O) groups excluding carboxylic acids is 1. The number of nitrogens with zero attached hydrogens (tertiary/aromatic N) is 3. The SMILES string of the molecule is O=C(Cc1ccc2c(c1)CCO2)NCCc1nnc2n1CCCCC2. The van der Waals surface area contributed by atoms with Gasteiger partial charge in [0.2, 0.25) is 5.91 Å². The van der Waals surface area contributed by atoms with Crippen molar-refractivity contribution in [1.82, 2.24) is 20.1 Å². The lowest BCUT2D eigenvalue weighted by Crippen LogP contribution is -2.28. The Balaban J connectivity index is 1.29. The van der Waals surface area contributed by atoms with E-state index in [1.165, 1.54) is 24.8 Å². The highest BCUT2D eigenvalue weighted by Crippen LogP contribution is 2.25. The molecular weight excluding hydrogens is 316 g/mol. The van der Waals surface area contributed by atoms with Gasteiger partial charge in [0, 0.05) is 32.4 Å². The second-order valence-electron chi connectivity index (χ2n) is 6.81. The van der Waals surface area contributed by atoms with Crippen molar-refractivity contribution >= 4 is 5.91 Å². The molecule has 0 radical (unpaired) electrons. The molecule has 0 saturated carbocycles. The smallest absolute Gasteiger partial charge is 0.224 e. The van der Waals surface area contributed by atoms with E-state index in [-0.39, 0.29) is 5.91 Å². The van der Waals surface area contributed by atoms with Gasteiger partial charge in [-0.05, 0) is 30.0 Å². The molecule has 0 saturated heterocycles. The zero-order valence-electron chi connectivity index (χ0n) is 14.5. The molecule has 2 aliphatic heterocycles. The predicted octanol–water partition coefficient (Wildman–Crippen LogP) is 1.84. The molecule has 6 nitrogen and oxygen atoms in total. The van der Waals surface area contributed by atoms with Crippen LogP contribution >= 0.6 is 0 Å². The second-order valence-corrected chi connectivity index (χ2v) is 6.81. The molecule has 4 rings (SSSR count). The summed E-state index contributed by atoms with van der Waals surface area (Å²) >= 11 is 0. The van der Waals surface area contributed by atoms with Crippen LogP contribution in [-0.4, -0.2) is 33.8 Å². The summed E-state index contributed by atoms with van der Waals surface area (Å²) in [7, 11) is 0. The Kier molecular flexibility index (Phi) is 4.68. The fourth-order valence-electron chi connectivity index (χ4n) is 3.64. The van der Waals surface area contributed by atoms with Crippen molar-refractivity contribution < 1.29 is 9.53 Å². The molecular formula is C19H24N4O2. The Labute approximate surface area is 147 Å². The van der Waals surface area contributed by atoms with E-state index >= 15 is 0 Å². The number of aryl methyl sites for hydroxylation is 1. The third-order valence-corrected chi connectivity index (χ3v) is 4.98. The van der Waals surface area contributed by atoms with Gasteiger partial charge in [-0.25, -0.2) is 0 Å². The molecule has 6 heteroatoms. The highest BCUT2D eigenvalue weighted by molar-refractivity contribution is 5.78. The minimum Gasteiger partial charge on any atom is -0.493 e. The van der Waals surface area contributed by atoms with Crippen molar-refractivity contribution in [3.63, 3.8) is 0 Å². The van der Waals surface area contributed by atoms with Gasteiger partial charge in [0.25, 0.3) is 0 Å². The quantitative estimate of drug-likeness (QED) is 0.902. The fraction of sp³-hybridized carbons (Fsp3) is 0.526. The van der Waals surface area contributed by atoms with Crippen LogP contribution in [0.3, 0.4) is 0 Å². The van der Waals surface area contributed by atoms with Gasteiger partial charge < -0.3 is 14.6 Å². The zero-order valence-corrected chi connectivity index (χ0v) is 14.5. The number of hydrogen-bond donors (Lipinski definition) is 1. The van der Waals surface area contributed by atoms with Crippen LogP contribution in [0.15, 0.2) is 18.2 Å². The van der Waals surface area contributed by atoms with E-state index in [1.807, 2.05) is 12.1 Å². The molecule has 1 N–H and O–H groups in total. The van der Waals surface area contributed by atoms with E-state index in [0.29, 0.717) is 13.0 Å². The highest BCUT2D eigenvalue weighted by atomic mass is 16.5. The van der Waals surface area contributed by atoms with Crippen LogP contribution in [0.1, 0.15) is 42.0 Å². The summed E-state index contributed by atoms with van der Waals surface area (Å²) in [5, 5.41) is 11.6. The van der Waals surface area contributed by atoms with Crippen LogP contribution < -0.4 is 10.1 Å². The van der Waals surface area contributed by atoms with Gasteiger partial charge in [-0.3, -0.25) is 4.79 Å². The normalized spacial score (nSPS) is 15.8. The van der Waals surface area contributed by atoms with Gasteiger partial charge in [0.05, 0.1) is 13.0 Å². The number of carbonyl (C=O) groups is 1. The highest BCUT2D eigenvalue weighted by Gasteiger charge is 2.15. The first-order chi connectivity index (χ1) is 12.3. The molecule has 2 aromatic rings. The van der Waals surface area contributed by atoms with Crippen LogP contribution in [0.2, 0.25) is 0 Å². The van der Waals surface area contributed by atoms with E-state index in [1.54, 1.807) is 0 Å². The molecule has 0 atom stereocenters. The van der Waals surface area contributed by atoms with Crippen LogP contribution in [0.25, 0.3) is 0 Å². The Morgan fingerprint density at radius 1 is 1.20 bits per heavy atom. The number of ether oxygens (including phenoxy) is 1. The lowest BCUT2D eigenvalue weighted by atomic mass is 10.1. The van der Waals surface area contributed by atoms with E-state index in [4.69, 9.17) is 4.74 Å². The molecule has 25 heavy (non-hydrogen) atoms. The topological polar surface area (TPSA) is 69.0 Å². The maximum absolute atomic E-state index is 12.2. The van der Waals surface area contributed by atoms with E-state index in [2.05, 4.69) is 26.1 Å². The maximum atomic E-state index is 12.2. The zero-order chi connectivity index (χ0) is 17.1. The van der Waals surface area contributed by atoms with Gasteiger partial charge in [0.15, 0.2) is 0 Å². The number of fused-ring (bicyclic) bond motifs is 2. The van der Waals surface area contributed by atoms with E-state index in [9.17, 15) is 4.79 Å². The van der Waals surface area contributed by atoms with Crippen LogP contribution in [-0.2, 0) is 37.0 Å². The molecule has 2 aliphatic rings. The monoisotopic (exact) mass is 340 g/mol. The van der Waals surface area contributed by atoms with Crippen molar-refractivity contribution in [3.8, 4) is 5.75 Å². The average Bonchev–Trinajstić information content (AvgIpc) is 3.15. The summed E-state index contributed by atoms with van der Waals surface area (Å²) in [5.74, 6) is 3.09. The van der Waals surface area contributed by atoms with Crippen molar-refractivity contribution in [2.45, 2.75) is 51.5 Å². The largest absolute Gasteiger partial charge is 0.493 e. The molecule has 1 amide bonds. The standard InChI is InChI=1S/C19H24N4O2/c24-19(13-14-5-6-16-15(12-14)8-11-25-16)20-9-7-18-22-21-17-4-2-1-3-10-23(17)18/h5-6,12H,1-4,7-11,13H2,(H,20,24). The summed E-state index contributed by atoms with van der Waals surface area (Å²) in [5.41, 5.74) is 2.24. The summed E-state index contributed by atoms with van der Waals surface area (Å²) in [4.78, 5) is 12.2. The average molecular weight is 340 g/mol. The van der Waals surface area contributed by atoms with Crippen LogP contribution in [0.5, 0.6) is 5.75 Å². The first-order valence-electron chi connectivity index (χ1n) is 9.22. The number of rotatable bonds is 5. The second kappa shape index (κ2) is 7.25. The molecule has 0 fully saturated rings. The van der Waals surface area contributed by atoms with Gasteiger partial charge in [-0.1, -0.05) is 18.6 Å². The number of aromatic nitrogens is 3. The minimum absolute atomic E-state index is 0.0504. The maximum Gasteiger partial charge on any atom is 0.224 e.